The standard InChI is InChI=1S/C13H25NOSi/c1-7-12(11-14)9-8-10-15-16(5,6)13(2,3)4/h8,10,12H,7,9H2,1-6H3/b10-8+. The third kappa shape index (κ3) is 4.85. The average molecular weight is 239 g/mol. The van der Waals surface area contributed by atoms with Gasteiger partial charge in [0.25, 0.3) is 0 Å². The van der Waals surface area contributed by atoms with Crippen LogP contribution >= 0.6 is 0 Å². The summed E-state index contributed by atoms with van der Waals surface area (Å²) >= 11 is 0. The maximum absolute atomic E-state index is 8.80. The van der Waals surface area contributed by atoms with Gasteiger partial charge >= 0.3 is 0 Å². The predicted molar refractivity (Wildman–Crippen MR) is 71.4 cm³/mol. The van der Waals surface area contributed by atoms with Crippen LogP contribution in [0.15, 0.2) is 12.3 Å². The quantitative estimate of drug-likeness (QED) is 0.524. The first-order chi connectivity index (χ1) is 7.24. The normalized spacial score (nSPS) is 14.8. The molecule has 0 rings (SSSR count). The van der Waals surface area contributed by atoms with Gasteiger partial charge in [-0.1, -0.05) is 33.8 Å². The summed E-state index contributed by atoms with van der Waals surface area (Å²) < 4.78 is 5.88. The van der Waals surface area contributed by atoms with Crippen LogP contribution in [0.4, 0.5) is 0 Å². The molecular formula is C13H25NOSi. The van der Waals surface area contributed by atoms with Crippen LogP contribution in [0.2, 0.25) is 18.1 Å². The molecular weight excluding hydrogens is 214 g/mol. The zero-order chi connectivity index (χ0) is 12.8. The number of hydrogen-bond donors (Lipinski definition) is 0. The average Bonchev–Trinajstić information content (AvgIpc) is 2.16. The van der Waals surface area contributed by atoms with Gasteiger partial charge in [0.15, 0.2) is 0 Å². The van der Waals surface area contributed by atoms with Gasteiger partial charge in [0.2, 0.25) is 8.32 Å². The van der Waals surface area contributed by atoms with Gasteiger partial charge < -0.3 is 4.43 Å². The molecule has 0 bridgehead atoms. The van der Waals surface area contributed by atoms with Crippen LogP contribution in [0.25, 0.3) is 0 Å². The first kappa shape index (κ1) is 15.2. The van der Waals surface area contributed by atoms with Crippen LogP contribution in [0, 0.1) is 17.2 Å². The largest absolute Gasteiger partial charge is 0.549 e. The molecule has 0 aromatic carbocycles. The first-order valence-corrected chi connectivity index (χ1v) is 8.88. The molecule has 0 aromatic rings. The van der Waals surface area contributed by atoms with Gasteiger partial charge in [-0.25, -0.2) is 0 Å². The fourth-order valence-corrected chi connectivity index (χ4v) is 1.72. The monoisotopic (exact) mass is 239 g/mol. The van der Waals surface area contributed by atoms with E-state index in [2.05, 4.69) is 39.9 Å². The molecule has 2 nitrogen and oxygen atoms in total. The molecule has 0 amide bonds. The van der Waals surface area contributed by atoms with E-state index in [0.717, 1.165) is 12.8 Å². The van der Waals surface area contributed by atoms with Crippen molar-refractivity contribution in [2.45, 2.75) is 58.7 Å². The summed E-state index contributed by atoms with van der Waals surface area (Å²) in [6.07, 6.45) is 5.48. The highest BCUT2D eigenvalue weighted by molar-refractivity contribution is 6.74. The third-order valence-corrected chi connectivity index (χ3v) is 7.70. The number of nitriles is 1. The minimum atomic E-state index is -1.67. The van der Waals surface area contributed by atoms with Crippen molar-refractivity contribution in [1.82, 2.24) is 0 Å². The lowest BCUT2D eigenvalue weighted by molar-refractivity contribution is 0.427. The first-order valence-electron chi connectivity index (χ1n) is 5.97. The van der Waals surface area contributed by atoms with Crippen LogP contribution < -0.4 is 0 Å². The number of nitrogens with zero attached hydrogens (tertiary/aromatic N) is 1. The van der Waals surface area contributed by atoms with E-state index in [9.17, 15) is 0 Å². The SMILES string of the molecule is CCC(C#N)C/C=C/O[Si](C)(C)C(C)(C)C. The smallest absolute Gasteiger partial charge is 0.249 e. The van der Waals surface area contributed by atoms with Crippen molar-refractivity contribution >= 4 is 8.32 Å². The van der Waals surface area contributed by atoms with Crippen molar-refractivity contribution < 1.29 is 4.43 Å². The van der Waals surface area contributed by atoms with Gasteiger partial charge in [-0.3, -0.25) is 0 Å². The summed E-state index contributed by atoms with van der Waals surface area (Å²) in [5, 5.41) is 9.03. The summed E-state index contributed by atoms with van der Waals surface area (Å²) in [6, 6.07) is 2.28. The molecule has 0 fully saturated rings. The van der Waals surface area contributed by atoms with E-state index in [1.54, 1.807) is 6.26 Å². The second kappa shape index (κ2) is 6.10. The maximum atomic E-state index is 8.80. The van der Waals surface area contributed by atoms with Gasteiger partial charge in [-0.05, 0) is 31.0 Å². The Bertz CT molecular complexity index is 271. The van der Waals surface area contributed by atoms with Crippen molar-refractivity contribution in [3.63, 3.8) is 0 Å². The van der Waals surface area contributed by atoms with E-state index < -0.39 is 8.32 Å². The van der Waals surface area contributed by atoms with Gasteiger partial charge in [0.1, 0.15) is 0 Å². The Labute approximate surface area is 101 Å². The number of rotatable bonds is 5. The van der Waals surface area contributed by atoms with Crippen LogP contribution in [0.3, 0.4) is 0 Å². The summed E-state index contributed by atoms with van der Waals surface area (Å²) in [5.41, 5.74) is 0. The predicted octanol–water partition coefficient (Wildman–Crippen LogP) is 4.46. The van der Waals surface area contributed by atoms with E-state index in [1.807, 2.05) is 13.0 Å². The van der Waals surface area contributed by atoms with Crippen LogP contribution in [-0.4, -0.2) is 8.32 Å². The summed E-state index contributed by atoms with van der Waals surface area (Å²) in [4.78, 5) is 0. The molecule has 0 heterocycles. The number of hydrogen-bond acceptors (Lipinski definition) is 2. The summed E-state index contributed by atoms with van der Waals surface area (Å²) in [5.74, 6) is 0.124. The Morgan fingerprint density at radius 3 is 2.31 bits per heavy atom. The Kier molecular flexibility index (Phi) is 5.81. The van der Waals surface area contributed by atoms with Crippen molar-refractivity contribution in [2.24, 2.45) is 5.92 Å². The van der Waals surface area contributed by atoms with Crippen LogP contribution in [0.1, 0.15) is 40.5 Å². The molecule has 0 aromatic heterocycles. The van der Waals surface area contributed by atoms with Crippen molar-refractivity contribution in [3.8, 4) is 6.07 Å². The molecule has 0 aliphatic heterocycles. The van der Waals surface area contributed by atoms with E-state index >= 15 is 0 Å². The molecule has 0 saturated heterocycles. The van der Waals surface area contributed by atoms with E-state index in [0.29, 0.717) is 0 Å². The van der Waals surface area contributed by atoms with E-state index in [1.165, 1.54) is 0 Å². The second-order valence-corrected chi connectivity index (χ2v) is 10.5. The summed E-state index contributed by atoms with van der Waals surface area (Å²) in [6.45, 7) is 13.1. The molecule has 0 aliphatic carbocycles. The lowest BCUT2D eigenvalue weighted by Gasteiger charge is -2.35. The molecule has 92 valence electrons. The van der Waals surface area contributed by atoms with Gasteiger partial charge in [-0.15, -0.1) is 0 Å². The van der Waals surface area contributed by atoms with Crippen molar-refractivity contribution in [1.29, 1.82) is 5.26 Å². The lowest BCUT2D eigenvalue weighted by atomic mass is 10.1. The Morgan fingerprint density at radius 1 is 1.38 bits per heavy atom. The topological polar surface area (TPSA) is 33.0 Å². The highest BCUT2D eigenvalue weighted by Crippen LogP contribution is 2.36. The molecule has 0 N–H and O–H groups in total. The zero-order valence-corrected chi connectivity index (χ0v) is 12.5. The molecule has 1 atom stereocenters. The zero-order valence-electron chi connectivity index (χ0n) is 11.5. The van der Waals surface area contributed by atoms with Crippen molar-refractivity contribution in [2.75, 3.05) is 0 Å². The minimum absolute atomic E-state index is 0.124. The van der Waals surface area contributed by atoms with Crippen molar-refractivity contribution in [3.05, 3.63) is 12.3 Å². The Morgan fingerprint density at radius 2 is 1.94 bits per heavy atom. The molecule has 0 saturated carbocycles. The molecule has 0 aliphatic rings. The molecule has 1 unspecified atom stereocenters. The molecule has 3 heteroatoms. The van der Waals surface area contributed by atoms with E-state index in [-0.39, 0.29) is 11.0 Å². The van der Waals surface area contributed by atoms with Gasteiger partial charge in [-0.2, -0.15) is 5.26 Å². The second-order valence-electron chi connectivity index (χ2n) is 5.72. The minimum Gasteiger partial charge on any atom is -0.549 e. The highest BCUT2D eigenvalue weighted by Gasteiger charge is 2.37. The highest BCUT2D eigenvalue weighted by atomic mass is 28.4. The fraction of sp³-hybridized carbons (Fsp3) is 0.769. The van der Waals surface area contributed by atoms with Crippen LogP contribution in [0.5, 0.6) is 0 Å². The third-order valence-electron chi connectivity index (χ3n) is 3.36. The van der Waals surface area contributed by atoms with E-state index in [4.69, 9.17) is 9.69 Å². The van der Waals surface area contributed by atoms with Crippen LogP contribution in [-0.2, 0) is 4.43 Å². The summed E-state index contributed by atoms with van der Waals surface area (Å²) in [7, 11) is -1.67. The molecule has 16 heavy (non-hydrogen) atoms. The van der Waals surface area contributed by atoms with Gasteiger partial charge in [0.05, 0.1) is 12.3 Å². The Hall–Kier alpha value is -0.753. The number of allylic oxidation sites excluding steroid dienone is 1. The molecule has 0 spiro atoms. The molecule has 0 radical (unpaired) electrons. The Balaban J connectivity index is 4.16. The van der Waals surface area contributed by atoms with Gasteiger partial charge in [0, 0.05) is 5.92 Å². The fourth-order valence-electron chi connectivity index (χ4n) is 0.925. The maximum Gasteiger partial charge on any atom is 0.249 e. The lowest BCUT2D eigenvalue weighted by Crippen LogP contribution is -2.39.